The predicted octanol–water partition coefficient (Wildman–Crippen LogP) is -2.45. The Morgan fingerprint density at radius 2 is 1.46 bits per heavy atom. The van der Waals surface area contributed by atoms with Gasteiger partial charge in [-0.25, -0.2) is 4.79 Å². The van der Waals surface area contributed by atoms with Crippen LogP contribution < -0.4 is 33.2 Å². The first-order valence-electron chi connectivity index (χ1n) is 11.3. The van der Waals surface area contributed by atoms with Crippen molar-refractivity contribution in [3.63, 3.8) is 0 Å². The van der Waals surface area contributed by atoms with Crippen LogP contribution in [0.3, 0.4) is 0 Å². The van der Waals surface area contributed by atoms with Gasteiger partial charge >= 0.3 is 11.9 Å². The van der Waals surface area contributed by atoms with Gasteiger partial charge in [0.25, 0.3) is 0 Å². The zero-order valence-electron chi connectivity index (χ0n) is 20.0. The number of carbonyl (C=O) groups excluding carboxylic acids is 3. The maximum Gasteiger partial charge on any atom is 0.326 e. The quantitative estimate of drug-likeness (QED) is 0.0464. The van der Waals surface area contributed by atoms with Gasteiger partial charge in [0, 0.05) is 12.3 Å². The summed E-state index contributed by atoms with van der Waals surface area (Å²) in [6, 6.07) is 3.62. The fraction of sp³-hybridized carbons (Fsp3) is 0.455. The minimum Gasteiger partial charge on any atom is -0.481 e. The second kappa shape index (κ2) is 16.0. The molecule has 11 N–H and O–H groups in total. The molecule has 204 valence electrons. The number of hydrogen-bond donors (Lipinski definition) is 9. The molecular weight excluding hydrogens is 506 g/mol. The molecule has 4 unspecified atom stereocenters. The lowest BCUT2D eigenvalue weighted by atomic mass is 10.1. The van der Waals surface area contributed by atoms with Crippen LogP contribution in [0, 0.1) is 0 Å². The third-order valence-electron chi connectivity index (χ3n) is 5.02. The molecule has 0 fully saturated rings. The molecule has 37 heavy (non-hydrogen) atoms. The summed E-state index contributed by atoms with van der Waals surface area (Å²) in [5.74, 6) is -5.68. The summed E-state index contributed by atoms with van der Waals surface area (Å²) in [7, 11) is 0. The van der Waals surface area contributed by atoms with Crippen LogP contribution in [-0.2, 0) is 30.4 Å². The maximum absolute atomic E-state index is 12.8. The summed E-state index contributed by atoms with van der Waals surface area (Å²) in [6.07, 6.45) is -0.375. The van der Waals surface area contributed by atoms with Crippen molar-refractivity contribution in [2.45, 2.75) is 49.9 Å². The summed E-state index contributed by atoms with van der Waals surface area (Å²) >= 11 is 4.02. The summed E-state index contributed by atoms with van der Waals surface area (Å²) in [4.78, 5) is 64.4. The molecule has 0 aromatic heterocycles. The van der Waals surface area contributed by atoms with Crippen molar-refractivity contribution in [2.24, 2.45) is 22.2 Å². The van der Waals surface area contributed by atoms with E-state index in [0.29, 0.717) is 0 Å². The lowest BCUT2D eigenvalue weighted by Crippen LogP contribution is -2.58. The van der Waals surface area contributed by atoms with Gasteiger partial charge in [-0.15, -0.1) is 0 Å². The van der Waals surface area contributed by atoms with Gasteiger partial charge in [-0.3, -0.25) is 24.2 Å². The second-order valence-electron chi connectivity index (χ2n) is 8.05. The molecule has 1 aromatic rings. The fourth-order valence-electron chi connectivity index (χ4n) is 3.12. The van der Waals surface area contributed by atoms with Crippen molar-refractivity contribution in [1.29, 1.82) is 0 Å². The number of carboxylic acid groups (broad SMARTS) is 2. The Hall–Kier alpha value is -3.85. The maximum atomic E-state index is 12.8. The first-order valence-corrected chi connectivity index (χ1v) is 11.9. The number of hydrogen-bond acceptors (Lipinski definition) is 8. The van der Waals surface area contributed by atoms with Gasteiger partial charge in [0.2, 0.25) is 17.7 Å². The molecule has 0 aliphatic rings. The minimum atomic E-state index is -1.54. The molecule has 0 aliphatic heterocycles. The van der Waals surface area contributed by atoms with Crippen molar-refractivity contribution in [1.82, 2.24) is 16.0 Å². The highest BCUT2D eigenvalue weighted by Gasteiger charge is 2.31. The van der Waals surface area contributed by atoms with E-state index < -0.39 is 60.2 Å². The highest BCUT2D eigenvalue weighted by atomic mass is 32.1. The Kier molecular flexibility index (Phi) is 13.5. The van der Waals surface area contributed by atoms with E-state index in [0.717, 1.165) is 5.56 Å². The van der Waals surface area contributed by atoms with Crippen LogP contribution in [0.1, 0.15) is 24.8 Å². The Balaban J connectivity index is 2.81. The number of nitrogens with zero attached hydrogens (tertiary/aromatic N) is 1. The van der Waals surface area contributed by atoms with E-state index in [1.54, 1.807) is 30.3 Å². The van der Waals surface area contributed by atoms with Crippen LogP contribution in [0.5, 0.6) is 0 Å². The van der Waals surface area contributed by atoms with Crippen LogP contribution in [-0.4, -0.2) is 82.3 Å². The van der Waals surface area contributed by atoms with Crippen molar-refractivity contribution in [2.75, 3.05) is 12.3 Å². The first-order chi connectivity index (χ1) is 17.4. The lowest BCUT2D eigenvalue weighted by Gasteiger charge is -2.24. The molecule has 1 rings (SSSR count). The number of carboxylic acids is 2. The number of nitrogens with two attached hydrogens (primary N) is 3. The van der Waals surface area contributed by atoms with Crippen LogP contribution in [0.15, 0.2) is 35.3 Å². The van der Waals surface area contributed by atoms with E-state index in [9.17, 15) is 34.2 Å². The molecule has 0 heterocycles. The zero-order valence-corrected chi connectivity index (χ0v) is 20.9. The second-order valence-corrected chi connectivity index (χ2v) is 8.41. The molecular formula is C22H33N7O7S. The highest BCUT2D eigenvalue weighted by Crippen LogP contribution is 2.04. The Morgan fingerprint density at radius 3 is 2.00 bits per heavy atom. The standard InChI is InChI=1S/C22H33N7O7S/c23-13(9-12-5-2-1-3-6-12)18(32)28-15(10-17(30)31)19(33)29-16(11-37)20(34)27-14(21(35)36)7-4-8-26-22(24)25/h1-3,5-6,13-16,37H,4,7-11,23H2,(H,27,34)(H,28,32)(H,29,33)(H,30,31)(H,35,36)(H4,24,25,26). The van der Waals surface area contributed by atoms with E-state index in [4.69, 9.17) is 17.2 Å². The molecule has 0 spiro atoms. The SMILES string of the molecule is NC(N)=NCCCC(NC(=O)C(CS)NC(=O)C(CC(=O)O)NC(=O)C(N)Cc1ccccc1)C(=O)O. The number of thiol groups is 1. The van der Waals surface area contributed by atoms with Gasteiger partial charge in [0.1, 0.15) is 18.1 Å². The number of benzene rings is 1. The van der Waals surface area contributed by atoms with E-state index in [-0.39, 0.29) is 37.5 Å². The van der Waals surface area contributed by atoms with Crippen molar-refractivity contribution in [3.05, 3.63) is 35.9 Å². The fourth-order valence-corrected chi connectivity index (χ4v) is 3.38. The smallest absolute Gasteiger partial charge is 0.326 e. The number of carbonyl (C=O) groups is 5. The third kappa shape index (κ3) is 12.1. The van der Waals surface area contributed by atoms with Crippen molar-refractivity contribution < 1.29 is 34.2 Å². The van der Waals surface area contributed by atoms with Gasteiger partial charge < -0.3 is 43.4 Å². The van der Waals surface area contributed by atoms with Crippen LogP contribution in [0.2, 0.25) is 0 Å². The van der Waals surface area contributed by atoms with Crippen LogP contribution >= 0.6 is 12.6 Å². The van der Waals surface area contributed by atoms with E-state index in [2.05, 4.69) is 33.6 Å². The molecule has 15 heteroatoms. The largest absolute Gasteiger partial charge is 0.481 e. The molecule has 3 amide bonds. The van der Waals surface area contributed by atoms with E-state index in [1.807, 2.05) is 0 Å². The molecule has 1 aromatic carbocycles. The number of guanidine groups is 1. The first kappa shape index (κ1) is 31.2. The minimum absolute atomic E-state index is 0.00207. The monoisotopic (exact) mass is 539 g/mol. The Labute approximate surface area is 218 Å². The van der Waals surface area contributed by atoms with E-state index in [1.165, 1.54) is 0 Å². The molecule has 0 bridgehead atoms. The molecule has 0 radical (unpaired) electrons. The average molecular weight is 540 g/mol. The number of aliphatic carboxylic acids is 2. The van der Waals surface area contributed by atoms with Gasteiger partial charge in [-0.1, -0.05) is 30.3 Å². The van der Waals surface area contributed by atoms with Crippen LogP contribution in [0.4, 0.5) is 0 Å². The normalized spacial score (nSPS) is 13.8. The number of rotatable bonds is 16. The van der Waals surface area contributed by atoms with Gasteiger partial charge in [0.15, 0.2) is 5.96 Å². The van der Waals surface area contributed by atoms with Gasteiger partial charge in [0.05, 0.1) is 12.5 Å². The van der Waals surface area contributed by atoms with Crippen LogP contribution in [0.25, 0.3) is 0 Å². The summed E-state index contributed by atoms with van der Waals surface area (Å²) < 4.78 is 0. The molecule has 4 atom stereocenters. The molecule has 14 nitrogen and oxygen atoms in total. The number of amides is 3. The average Bonchev–Trinajstić information content (AvgIpc) is 2.83. The van der Waals surface area contributed by atoms with Crippen molar-refractivity contribution >= 4 is 48.2 Å². The summed E-state index contributed by atoms with van der Waals surface area (Å²) in [5, 5.41) is 25.5. The van der Waals surface area contributed by atoms with E-state index >= 15 is 0 Å². The topological polar surface area (TPSA) is 252 Å². The predicted molar refractivity (Wildman–Crippen MR) is 138 cm³/mol. The number of aliphatic imine (C=N–C) groups is 1. The van der Waals surface area contributed by atoms with Gasteiger partial charge in [-0.05, 0) is 24.8 Å². The molecule has 0 saturated carbocycles. The Morgan fingerprint density at radius 1 is 0.892 bits per heavy atom. The molecule has 0 saturated heterocycles. The molecule has 0 aliphatic carbocycles. The summed E-state index contributed by atoms with van der Waals surface area (Å²) in [5.41, 5.74) is 17.1. The van der Waals surface area contributed by atoms with Gasteiger partial charge in [-0.2, -0.15) is 12.6 Å². The zero-order chi connectivity index (χ0) is 28.0. The third-order valence-corrected chi connectivity index (χ3v) is 5.39. The Bertz CT molecular complexity index is 973. The number of nitrogens with one attached hydrogen (secondary N) is 3. The lowest BCUT2D eigenvalue weighted by molar-refractivity contribution is -0.143. The highest BCUT2D eigenvalue weighted by molar-refractivity contribution is 7.80. The van der Waals surface area contributed by atoms with Crippen molar-refractivity contribution in [3.8, 4) is 0 Å². The summed E-state index contributed by atoms with van der Waals surface area (Å²) in [6.45, 7) is 0.150.